The summed E-state index contributed by atoms with van der Waals surface area (Å²) in [7, 11) is 0. The molecule has 0 aromatic heterocycles. The predicted molar refractivity (Wildman–Crippen MR) is 90.4 cm³/mol. The Balaban J connectivity index is 2.27. The third-order valence-electron chi connectivity index (χ3n) is 3.94. The molecule has 3 nitrogen and oxygen atoms in total. The number of carbonyl (C=O) groups excluding carboxylic acids is 1. The number of ether oxygens (including phenoxy) is 2. The molecular weight excluding hydrogens is 288 g/mol. The molecule has 0 radical (unpaired) electrons. The van der Waals surface area contributed by atoms with E-state index in [4.69, 9.17) is 9.47 Å². The third-order valence-corrected chi connectivity index (χ3v) is 3.94. The van der Waals surface area contributed by atoms with E-state index in [1.807, 2.05) is 68.4 Å². The van der Waals surface area contributed by atoms with E-state index in [2.05, 4.69) is 0 Å². The number of rotatable bonds is 3. The molecule has 0 bridgehead atoms. The lowest BCUT2D eigenvalue weighted by Crippen LogP contribution is -2.29. The van der Waals surface area contributed by atoms with Gasteiger partial charge in [0.1, 0.15) is 16.9 Å². The summed E-state index contributed by atoms with van der Waals surface area (Å²) in [5.74, 6) is 0.224. The monoisotopic (exact) mass is 308 g/mol. The Hall–Kier alpha value is -2.55. The van der Waals surface area contributed by atoms with E-state index in [-0.39, 0.29) is 5.97 Å². The Labute approximate surface area is 136 Å². The van der Waals surface area contributed by atoms with Gasteiger partial charge in [-0.05, 0) is 26.3 Å². The molecule has 3 rings (SSSR count). The molecule has 0 unspecified atom stereocenters. The molecule has 1 heterocycles. The lowest BCUT2D eigenvalue weighted by atomic mass is 9.85. The van der Waals surface area contributed by atoms with Crippen molar-refractivity contribution in [2.75, 3.05) is 6.61 Å². The first kappa shape index (κ1) is 15.3. The zero-order chi connectivity index (χ0) is 16.4. The quantitative estimate of drug-likeness (QED) is 0.789. The Morgan fingerprint density at radius 2 is 1.70 bits per heavy atom. The molecule has 0 atom stereocenters. The van der Waals surface area contributed by atoms with Crippen LogP contribution >= 0.6 is 0 Å². The molecule has 0 spiro atoms. The minimum atomic E-state index is -0.516. The number of hydrogen-bond donors (Lipinski definition) is 0. The summed E-state index contributed by atoms with van der Waals surface area (Å²) in [6.07, 6.45) is 0. The number of benzene rings is 2. The predicted octanol–water partition coefficient (Wildman–Crippen LogP) is 4.38. The van der Waals surface area contributed by atoms with Gasteiger partial charge < -0.3 is 9.47 Å². The van der Waals surface area contributed by atoms with Gasteiger partial charge in [0.25, 0.3) is 0 Å². The van der Waals surface area contributed by atoms with Crippen LogP contribution in [-0.4, -0.2) is 12.6 Å². The van der Waals surface area contributed by atoms with Gasteiger partial charge in [-0.15, -0.1) is 0 Å². The van der Waals surface area contributed by atoms with E-state index in [1.165, 1.54) is 0 Å². The summed E-state index contributed by atoms with van der Waals surface area (Å²) in [6.45, 7) is 6.16. The molecule has 0 amide bonds. The second kappa shape index (κ2) is 5.92. The summed E-state index contributed by atoms with van der Waals surface area (Å²) in [4.78, 5) is 12.6. The lowest BCUT2D eigenvalue weighted by molar-refractivity contribution is -0.136. The fourth-order valence-electron chi connectivity index (χ4n) is 2.91. The highest BCUT2D eigenvalue weighted by Crippen LogP contribution is 2.44. The summed E-state index contributed by atoms with van der Waals surface area (Å²) < 4.78 is 11.5. The highest BCUT2D eigenvalue weighted by atomic mass is 16.5. The molecule has 1 aliphatic heterocycles. The van der Waals surface area contributed by atoms with Crippen molar-refractivity contribution in [3.8, 4) is 0 Å². The maximum absolute atomic E-state index is 12.6. The smallest absolute Gasteiger partial charge is 0.342 e. The van der Waals surface area contributed by atoms with Gasteiger partial charge in [0, 0.05) is 11.1 Å². The van der Waals surface area contributed by atoms with E-state index in [1.54, 1.807) is 6.92 Å². The number of hydrogen-bond acceptors (Lipinski definition) is 3. The maximum atomic E-state index is 12.6. The molecule has 3 heteroatoms. The fraction of sp³-hybridized carbons (Fsp3) is 0.250. The second-order valence-electron chi connectivity index (χ2n) is 5.95. The van der Waals surface area contributed by atoms with Crippen LogP contribution in [-0.2, 0) is 19.9 Å². The van der Waals surface area contributed by atoms with Crippen LogP contribution in [0, 0.1) is 0 Å². The molecule has 1 aliphatic rings. The number of esters is 1. The first-order chi connectivity index (χ1) is 11.0. The molecule has 2 aromatic rings. The molecule has 118 valence electrons. The standard InChI is InChI=1S/C20H20O3/c1-4-22-19(21)17-15-12-8-9-13-16(15)20(2,3)23-18(17)14-10-6-5-7-11-14/h5-13H,4H2,1-3H3. The van der Waals surface area contributed by atoms with Crippen molar-refractivity contribution in [3.63, 3.8) is 0 Å². The van der Waals surface area contributed by atoms with Gasteiger partial charge in [0.05, 0.1) is 6.61 Å². The van der Waals surface area contributed by atoms with Crippen LogP contribution in [0.5, 0.6) is 0 Å². The molecular formula is C20H20O3. The minimum Gasteiger partial charge on any atom is -0.482 e. The highest BCUT2D eigenvalue weighted by molar-refractivity contribution is 6.24. The Morgan fingerprint density at radius 1 is 1.04 bits per heavy atom. The molecule has 0 saturated heterocycles. The van der Waals surface area contributed by atoms with Crippen molar-refractivity contribution in [2.24, 2.45) is 0 Å². The normalized spacial score (nSPS) is 15.6. The topological polar surface area (TPSA) is 35.5 Å². The third kappa shape index (κ3) is 2.74. The van der Waals surface area contributed by atoms with Crippen LogP contribution in [0.15, 0.2) is 54.6 Å². The van der Waals surface area contributed by atoms with Crippen molar-refractivity contribution < 1.29 is 14.3 Å². The van der Waals surface area contributed by atoms with Crippen LogP contribution in [0.1, 0.15) is 37.5 Å². The molecule has 23 heavy (non-hydrogen) atoms. The van der Waals surface area contributed by atoms with Crippen LogP contribution in [0.3, 0.4) is 0 Å². The molecule has 0 aliphatic carbocycles. The SMILES string of the molecule is CCOC(=O)C1=C(c2ccccc2)OC(C)(C)c2ccccc21. The van der Waals surface area contributed by atoms with Gasteiger partial charge in [-0.3, -0.25) is 0 Å². The van der Waals surface area contributed by atoms with Gasteiger partial charge in [-0.1, -0.05) is 54.6 Å². The maximum Gasteiger partial charge on any atom is 0.342 e. The van der Waals surface area contributed by atoms with Gasteiger partial charge in [0.15, 0.2) is 0 Å². The van der Waals surface area contributed by atoms with Crippen LogP contribution < -0.4 is 0 Å². The van der Waals surface area contributed by atoms with Crippen molar-refractivity contribution in [1.82, 2.24) is 0 Å². The van der Waals surface area contributed by atoms with Crippen molar-refractivity contribution in [2.45, 2.75) is 26.4 Å². The first-order valence-electron chi connectivity index (χ1n) is 7.80. The number of fused-ring (bicyclic) bond motifs is 1. The lowest BCUT2D eigenvalue weighted by Gasteiger charge is -2.36. The van der Waals surface area contributed by atoms with Crippen LogP contribution in [0.4, 0.5) is 0 Å². The number of carbonyl (C=O) groups is 1. The first-order valence-corrected chi connectivity index (χ1v) is 7.80. The Kier molecular flexibility index (Phi) is 3.95. The van der Waals surface area contributed by atoms with Crippen LogP contribution in [0.25, 0.3) is 11.3 Å². The van der Waals surface area contributed by atoms with E-state index in [0.29, 0.717) is 17.9 Å². The largest absolute Gasteiger partial charge is 0.482 e. The molecule has 0 saturated carbocycles. The van der Waals surface area contributed by atoms with Crippen molar-refractivity contribution in [1.29, 1.82) is 0 Å². The van der Waals surface area contributed by atoms with Gasteiger partial charge in [-0.2, -0.15) is 0 Å². The van der Waals surface area contributed by atoms with E-state index in [9.17, 15) is 4.79 Å². The Bertz CT molecular complexity index is 757. The molecule has 2 aromatic carbocycles. The summed E-state index contributed by atoms with van der Waals surface area (Å²) >= 11 is 0. The second-order valence-corrected chi connectivity index (χ2v) is 5.95. The van der Waals surface area contributed by atoms with Crippen molar-refractivity contribution >= 4 is 17.3 Å². The summed E-state index contributed by atoms with van der Waals surface area (Å²) in [5, 5.41) is 0. The molecule has 0 fully saturated rings. The van der Waals surface area contributed by atoms with E-state index >= 15 is 0 Å². The average Bonchev–Trinajstić information content (AvgIpc) is 2.55. The summed E-state index contributed by atoms with van der Waals surface area (Å²) in [6, 6.07) is 17.5. The average molecular weight is 308 g/mol. The van der Waals surface area contributed by atoms with E-state index in [0.717, 1.165) is 16.7 Å². The highest BCUT2D eigenvalue weighted by Gasteiger charge is 2.37. The van der Waals surface area contributed by atoms with Crippen molar-refractivity contribution in [3.05, 3.63) is 71.3 Å². The van der Waals surface area contributed by atoms with Crippen LogP contribution in [0.2, 0.25) is 0 Å². The Morgan fingerprint density at radius 3 is 2.39 bits per heavy atom. The fourth-order valence-corrected chi connectivity index (χ4v) is 2.91. The zero-order valence-electron chi connectivity index (χ0n) is 13.6. The summed E-state index contributed by atoms with van der Waals surface area (Å²) in [5.41, 5.74) is 2.72. The minimum absolute atomic E-state index is 0.329. The molecule has 0 N–H and O–H groups in total. The van der Waals surface area contributed by atoms with Gasteiger partial charge >= 0.3 is 5.97 Å². The van der Waals surface area contributed by atoms with Gasteiger partial charge in [-0.25, -0.2) is 4.79 Å². The van der Waals surface area contributed by atoms with E-state index < -0.39 is 5.60 Å². The van der Waals surface area contributed by atoms with Gasteiger partial charge in [0.2, 0.25) is 0 Å². The zero-order valence-corrected chi connectivity index (χ0v) is 13.6.